The Bertz CT molecular complexity index is 549. The third-order valence-corrected chi connectivity index (χ3v) is 2.81. The van der Waals surface area contributed by atoms with Gasteiger partial charge in [-0.2, -0.15) is 0 Å². The van der Waals surface area contributed by atoms with Crippen LogP contribution in [0.1, 0.15) is 11.3 Å². The van der Waals surface area contributed by atoms with Gasteiger partial charge in [0.2, 0.25) is 5.88 Å². The zero-order chi connectivity index (χ0) is 14.4. The number of aliphatic hydroxyl groups is 1. The summed E-state index contributed by atoms with van der Waals surface area (Å²) < 4.78 is 16.0. The average molecular weight is 275 g/mol. The minimum atomic E-state index is -0.113. The number of methoxy groups -OCH3 is 2. The monoisotopic (exact) mass is 275 g/mol. The summed E-state index contributed by atoms with van der Waals surface area (Å²) in [4.78, 5) is 4.27. The molecule has 0 bridgehead atoms. The van der Waals surface area contributed by atoms with Gasteiger partial charge < -0.3 is 19.3 Å². The molecular formula is C15H17NO4. The van der Waals surface area contributed by atoms with Crippen LogP contribution in [0, 0.1) is 0 Å². The summed E-state index contributed by atoms with van der Waals surface area (Å²) in [7, 11) is 3.13. The molecule has 0 radical (unpaired) electrons. The first kappa shape index (κ1) is 14.1. The Labute approximate surface area is 117 Å². The molecule has 2 aromatic rings. The highest BCUT2D eigenvalue weighted by Crippen LogP contribution is 2.31. The second-order valence-electron chi connectivity index (χ2n) is 4.07. The summed E-state index contributed by atoms with van der Waals surface area (Å²) in [5, 5.41) is 9.35. The van der Waals surface area contributed by atoms with E-state index >= 15 is 0 Å². The Balaban J connectivity index is 2.17. The van der Waals surface area contributed by atoms with Crippen molar-refractivity contribution in [3.63, 3.8) is 0 Å². The van der Waals surface area contributed by atoms with Gasteiger partial charge in [-0.1, -0.05) is 18.2 Å². The molecule has 0 fully saturated rings. The van der Waals surface area contributed by atoms with Crippen molar-refractivity contribution >= 4 is 0 Å². The Hall–Kier alpha value is -2.27. The first-order chi connectivity index (χ1) is 9.78. The van der Waals surface area contributed by atoms with Crippen LogP contribution >= 0.6 is 0 Å². The molecule has 1 N–H and O–H groups in total. The summed E-state index contributed by atoms with van der Waals surface area (Å²) in [5.74, 6) is 1.65. The Morgan fingerprint density at radius 2 is 1.85 bits per heavy atom. The van der Waals surface area contributed by atoms with Gasteiger partial charge in [0.1, 0.15) is 6.61 Å². The van der Waals surface area contributed by atoms with E-state index in [1.807, 2.05) is 12.1 Å². The van der Waals surface area contributed by atoms with E-state index in [4.69, 9.17) is 14.2 Å². The van der Waals surface area contributed by atoms with Crippen LogP contribution in [0.3, 0.4) is 0 Å². The molecule has 0 amide bonds. The first-order valence-corrected chi connectivity index (χ1v) is 6.18. The van der Waals surface area contributed by atoms with Gasteiger partial charge in [0.15, 0.2) is 11.5 Å². The van der Waals surface area contributed by atoms with Crippen molar-refractivity contribution in [3.8, 4) is 17.4 Å². The fraction of sp³-hybridized carbons (Fsp3) is 0.267. The molecule has 106 valence electrons. The van der Waals surface area contributed by atoms with Crippen LogP contribution in [-0.4, -0.2) is 24.3 Å². The lowest BCUT2D eigenvalue weighted by Gasteiger charge is -2.13. The highest BCUT2D eigenvalue weighted by atomic mass is 16.5. The van der Waals surface area contributed by atoms with E-state index in [1.54, 1.807) is 38.5 Å². The van der Waals surface area contributed by atoms with Crippen LogP contribution in [0.4, 0.5) is 0 Å². The van der Waals surface area contributed by atoms with E-state index in [-0.39, 0.29) is 13.2 Å². The lowest BCUT2D eigenvalue weighted by Crippen LogP contribution is -2.03. The van der Waals surface area contributed by atoms with Gasteiger partial charge in [0.25, 0.3) is 0 Å². The zero-order valence-electron chi connectivity index (χ0n) is 11.5. The summed E-state index contributed by atoms with van der Waals surface area (Å²) in [6.07, 6.45) is 0. The van der Waals surface area contributed by atoms with Crippen LogP contribution in [0.2, 0.25) is 0 Å². The van der Waals surface area contributed by atoms with Crippen molar-refractivity contribution in [2.24, 2.45) is 0 Å². The number of benzene rings is 1. The van der Waals surface area contributed by atoms with Crippen molar-refractivity contribution in [2.45, 2.75) is 13.2 Å². The van der Waals surface area contributed by atoms with Crippen molar-refractivity contribution in [1.29, 1.82) is 0 Å². The summed E-state index contributed by atoms with van der Waals surface area (Å²) in [6, 6.07) is 10.8. The molecule has 0 aliphatic heterocycles. The number of ether oxygens (including phenoxy) is 3. The van der Waals surface area contributed by atoms with E-state index in [0.717, 1.165) is 5.69 Å². The average Bonchev–Trinajstić information content (AvgIpc) is 2.52. The molecule has 0 aliphatic carbocycles. The minimum absolute atomic E-state index is 0.113. The first-order valence-electron chi connectivity index (χ1n) is 6.18. The van der Waals surface area contributed by atoms with Crippen molar-refractivity contribution in [3.05, 3.63) is 47.7 Å². The molecule has 0 atom stereocenters. The van der Waals surface area contributed by atoms with Gasteiger partial charge in [-0.25, -0.2) is 4.98 Å². The fourth-order valence-corrected chi connectivity index (χ4v) is 1.81. The number of para-hydroxylation sites is 1. The van der Waals surface area contributed by atoms with E-state index in [9.17, 15) is 5.11 Å². The van der Waals surface area contributed by atoms with Gasteiger partial charge in [0, 0.05) is 11.6 Å². The van der Waals surface area contributed by atoms with Crippen LogP contribution in [-0.2, 0) is 13.2 Å². The number of aromatic nitrogens is 1. The number of pyridine rings is 1. The standard InChI is InChI=1S/C15H17NO4/c1-18-13-7-3-5-11(9-17)15(13)20-10-12-6-4-8-14(16-12)19-2/h3-8,17H,9-10H2,1-2H3. The van der Waals surface area contributed by atoms with Crippen molar-refractivity contribution in [1.82, 2.24) is 4.98 Å². The molecule has 0 spiro atoms. The SMILES string of the molecule is COc1cccc(COc2c(CO)cccc2OC)n1. The van der Waals surface area contributed by atoms with E-state index in [0.29, 0.717) is 22.9 Å². The summed E-state index contributed by atoms with van der Waals surface area (Å²) >= 11 is 0. The summed E-state index contributed by atoms with van der Waals surface area (Å²) in [5.41, 5.74) is 1.41. The number of hydrogen-bond donors (Lipinski definition) is 1. The molecule has 2 rings (SSSR count). The molecule has 0 aliphatic rings. The maximum atomic E-state index is 9.35. The van der Waals surface area contributed by atoms with E-state index in [2.05, 4.69) is 4.98 Å². The quantitative estimate of drug-likeness (QED) is 0.875. The van der Waals surface area contributed by atoms with Gasteiger partial charge in [-0.05, 0) is 12.1 Å². The van der Waals surface area contributed by atoms with Crippen molar-refractivity contribution < 1.29 is 19.3 Å². The third-order valence-electron chi connectivity index (χ3n) is 2.81. The lowest BCUT2D eigenvalue weighted by molar-refractivity contribution is 0.247. The molecule has 1 aromatic carbocycles. The Morgan fingerprint density at radius 3 is 2.55 bits per heavy atom. The third kappa shape index (κ3) is 3.19. The van der Waals surface area contributed by atoms with Gasteiger partial charge >= 0.3 is 0 Å². The zero-order valence-corrected chi connectivity index (χ0v) is 11.5. The van der Waals surface area contributed by atoms with Crippen LogP contribution in [0.5, 0.6) is 17.4 Å². The van der Waals surface area contributed by atoms with E-state index < -0.39 is 0 Å². The van der Waals surface area contributed by atoms with Crippen LogP contribution in [0.25, 0.3) is 0 Å². The smallest absolute Gasteiger partial charge is 0.213 e. The number of hydrogen-bond acceptors (Lipinski definition) is 5. The van der Waals surface area contributed by atoms with E-state index in [1.165, 1.54) is 0 Å². The van der Waals surface area contributed by atoms with Gasteiger partial charge in [0.05, 0.1) is 26.5 Å². The molecule has 5 heteroatoms. The number of nitrogens with zero attached hydrogens (tertiary/aromatic N) is 1. The molecule has 1 aromatic heterocycles. The highest BCUT2D eigenvalue weighted by Gasteiger charge is 2.10. The molecule has 5 nitrogen and oxygen atoms in total. The predicted octanol–water partition coefficient (Wildman–Crippen LogP) is 2.17. The fourth-order valence-electron chi connectivity index (χ4n) is 1.81. The molecular weight excluding hydrogens is 258 g/mol. The number of rotatable bonds is 6. The topological polar surface area (TPSA) is 60.8 Å². The molecule has 0 saturated carbocycles. The molecule has 0 unspecified atom stereocenters. The largest absolute Gasteiger partial charge is 0.493 e. The maximum Gasteiger partial charge on any atom is 0.213 e. The lowest BCUT2D eigenvalue weighted by atomic mass is 10.2. The molecule has 20 heavy (non-hydrogen) atoms. The molecule has 0 saturated heterocycles. The summed E-state index contributed by atoms with van der Waals surface area (Å²) in [6.45, 7) is 0.155. The second kappa shape index (κ2) is 6.77. The Kier molecular flexibility index (Phi) is 4.79. The number of aliphatic hydroxyl groups excluding tert-OH is 1. The van der Waals surface area contributed by atoms with Crippen LogP contribution < -0.4 is 14.2 Å². The highest BCUT2D eigenvalue weighted by molar-refractivity contribution is 5.46. The maximum absolute atomic E-state index is 9.35. The van der Waals surface area contributed by atoms with Crippen LogP contribution in [0.15, 0.2) is 36.4 Å². The van der Waals surface area contributed by atoms with Gasteiger partial charge in [-0.15, -0.1) is 0 Å². The van der Waals surface area contributed by atoms with Gasteiger partial charge in [-0.3, -0.25) is 0 Å². The minimum Gasteiger partial charge on any atom is -0.493 e. The molecule has 1 heterocycles. The Morgan fingerprint density at radius 1 is 1.05 bits per heavy atom. The van der Waals surface area contributed by atoms with Crippen molar-refractivity contribution in [2.75, 3.05) is 14.2 Å². The normalized spacial score (nSPS) is 10.2. The predicted molar refractivity (Wildman–Crippen MR) is 74.0 cm³/mol. The second-order valence-corrected chi connectivity index (χ2v) is 4.07.